The Kier molecular flexibility index (Phi) is 3.64. The predicted octanol–water partition coefficient (Wildman–Crippen LogP) is 2.48. The van der Waals surface area contributed by atoms with Crippen LogP contribution < -0.4 is 5.56 Å². The highest BCUT2D eigenvalue weighted by Crippen LogP contribution is 2.35. The average Bonchev–Trinajstić information content (AvgIpc) is 2.46. The van der Waals surface area contributed by atoms with E-state index in [9.17, 15) is 9.59 Å². The van der Waals surface area contributed by atoms with Crippen LogP contribution in [-0.4, -0.2) is 28.4 Å². The zero-order chi connectivity index (χ0) is 14.1. The first-order valence-electron chi connectivity index (χ1n) is 7.68. The van der Waals surface area contributed by atoms with Gasteiger partial charge < -0.3 is 9.88 Å². The monoisotopic (exact) mass is 274 g/mol. The number of carbonyl (C=O) groups excluding carboxylic acids is 1. The molecule has 0 radical (unpaired) electrons. The fourth-order valence-corrected chi connectivity index (χ4v) is 3.77. The molecule has 1 saturated heterocycles. The molecule has 2 unspecified atom stereocenters. The summed E-state index contributed by atoms with van der Waals surface area (Å²) in [5.41, 5.74) is 0.829. The molecule has 1 aliphatic heterocycles. The fourth-order valence-electron chi connectivity index (χ4n) is 3.77. The molecule has 1 amide bonds. The Morgan fingerprint density at radius 1 is 1.20 bits per heavy atom. The van der Waals surface area contributed by atoms with Crippen molar-refractivity contribution in [2.45, 2.75) is 51.5 Å². The average molecular weight is 274 g/mol. The molecule has 3 rings (SSSR count). The van der Waals surface area contributed by atoms with Gasteiger partial charge in [0.25, 0.3) is 11.5 Å². The molecule has 4 heteroatoms. The molecular formula is C16H22N2O2. The number of hydrogen-bond donors (Lipinski definition) is 1. The van der Waals surface area contributed by atoms with E-state index < -0.39 is 0 Å². The van der Waals surface area contributed by atoms with Crippen molar-refractivity contribution in [2.24, 2.45) is 5.92 Å². The Hall–Kier alpha value is -1.58. The molecule has 2 atom stereocenters. The summed E-state index contributed by atoms with van der Waals surface area (Å²) in [5, 5.41) is 0. The number of aryl methyl sites for hydroxylation is 1. The molecule has 1 aliphatic carbocycles. The number of rotatable bonds is 1. The summed E-state index contributed by atoms with van der Waals surface area (Å²) in [5.74, 6) is 0.564. The lowest BCUT2D eigenvalue weighted by Crippen LogP contribution is -2.50. The van der Waals surface area contributed by atoms with Crippen LogP contribution in [0.4, 0.5) is 0 Å². The largest absolute Gasteiger partial charge is 0.335 e. The third-order valence-corrected chi connectivity index (χ3v) is 4.79. The quantitative estimate of drug-likeness (QED) is 0.855. The fraction of sp³-hybridized carbons (Fsp3) is 0.625. The van der Waals surface area contributed by atoms with Gasteiger partial charge in [-0.2, -0.15) is 0 Å². The van der Waals surface area contributed by atoms with Gasteiger partial charge in [0.05, 0.1) is 0 Å². The molecular weight excluding hydrogens is 252 g/mol. The van der Waals surface area contributed by atoms with Crippen LogP contribution in [0.5, 0.6) is 0 Å². The van der Waals surface area contributed by atoms with Gasteiger partial charge in [-0.15, -0.1) is 0 Å². The third-order valence-electron chi connectivity index (χ3n) is 4.79. The van der Waals surface area contributed by atoms with E-state index >= 15 is 0 Å². The molecule has 2 heterocycles. The van der Waals surface area contributed by atoms with E-state index in [4.69, 9.17) is 0 Å². The zero-order valence-corrected chi connectivity index (χ0v) is 12.0. The first-order chi connectivity index (χ1) is 9.66. The van der Waals surface area contributed by atoms with Crippen molar-refractivity contribution in [1.82, 2.24) is 9.88 Å². The predicted molar refractivity (Wildman–Crippen MR) is 77.8 cm³/mol. The lowest BCUT2D eigenvalue weighted by molar-refractivity contribution is 0.0389. The maximum atomic E-state index is 12.7. The van der Waals surface area contributed by atoms with Crippen LogP contribution in [0.15, 0.2) is 16.9 Å². The van der Waals surface area contributed by atoms with Gasteiger partial charge in [0.15, 0.2) is 0 Å². The van der Waals surface area contributed by atoms with E-state index in [2.05, 4.69) is 4.98 Å². The lowest BCUT2D eigenvalue weighted by atomic mass is 9.78. The highest BCUT2D eigenvalue weighted by atomic mass is 16.2. The van der Waals surface area contributed by atoms with Crippen molar-refractivity contribution in [3.63, 3.8) is 0 Å². The number of hydrogen-bond acceptors (Lipinski definition) is 2. The minimum Gasteiger partial charge on any atom is -0.335 e. The van der Waals surface area contributed by atoms with E-state index in [1.165, 1.54) is 25.7 Å². The Labute approximate surface area is 119 Å². The summed E-state index contributed by atoms with van der Waals surface area (Å²) in [6.07, 6.45) is 7.12. The number of nitrogens with one attached hydrogen (secondary N) is 1. The first-order valence-corrected chi connectivity index (χ1v) is 7.68. The van der Waals surface area contributed by atoms with Gasteiger partial charge in [0, 0.05) is 18.3 Å². The maximum absolute atomic E-state index is 12.7. The Morgan fingerprint density at radius 3 is 2.75 bits per heavy atom. The topological polar surface area (TPSA) is 53.2 Å². The molecule has 20 heavy (non-hydrogen) atoms. The number of amides is 1. The second kappa shape index (κ2) is 5.43. The van der Waals surface area contributed by atoms with Crippen molar-refractivity contribution in [3.05, 3.63) is 33.7 Å². The number of pyridine rings is 1. The zero-order valence-electron chi connectivity index (χ0n) is 12.0. The van der Waals surface area contributed by atoms with Crippen molar-refractivity contribution in [1.29, 1.82) is 0 Å². The minimum absolute atomic E-state index is 0.0807. The van der Waals surface area contributed by atoms with Crippen molar-refractivity contribution in [2.75, 3.05) is 6.54 Å². The van der Waals surface area contributed by atoms with Crippen LogP contribution in [0.1, 0.15) is 54.6 Å². The summed E-state index contributed by atoms with van der Waals surface area (Å²) in [6, 6.07) is 3.82. The van der Waals surface area contributed by atoms with E-state index in [1.807, 2.05) is 11.8 Å². The molecule has 4 nitrogen and oxygen atoms in total. The first kappa shape index (κ1) is 13.4. The molecule has 2 aliphatic rings. The minimum atomic E-state index is -0.257. The summed E-state index contributed by atoms with van der Waals surface area (Å²) >= 11 is 0. The number of carbonyl (C=O) groups is 1. The van der Waals surface area contributed by atoms with E-state index in [-0.39, 0.29) is 11.5 Å². The molecule has 1 aromatic heterocycles. The third kappa shape index (κ3) is 2.39. The van der Waals surface area contributed by atoms with Gasteiger partial charge in [-0.25, -0.2) is 0 Å². The molecule has 0 spiro atoms. The van der Waals surface area contributed by atoms with Crippen LogP contribution in [0.2, 0.25) is 0 Å². The Morgan fingerprint density at radius 2 is 1.95 bits per heavy atom. The Bertz CT molecular complexity index is 562. The number of fused-ring (bicyclic) bond motifs is 1. The number of H-pyrrole nitrogens is 1. The van der Waals surface area contributed by atoms with Crippen LogP contribution in [0.25, 0.3) is 0 Å². The molecule has 108 valence electrons. The van der Waals surface area contributed by atoms with Gasteiger partial charge in [-0.3, -0.25) is 9.59 Å². The molecule has 1 N–H and O–H groups in total. The SMILES string of the molecule is Cc1ccc(C(=O)N2CCCC3CCCCC32)c(=O)[nH]1. The number of likely N-dealkylation sites (tertiary alicyclic amines) is 1. The second-order valence-electron chi connectivity index (χ2n) is 6.14. The van der Waals surface area contributed by atoms with Crippen molar-refractivity contribution < 1.29 is 4.79 Å². The van der Waals surface area contributed by atoms with Crippen LogP contribution in [0, 0.1) is 12.8 Å². The summed E-state index contributed by atoms with van der Waals surface area (Å²) in [7, 11) is 0. The van der Waals surface area contributed by atoms with Gasteiger partial charge in [0.1, 0.15) is 5.56 Å². The molecule has 2 fully saturated rings. The van der Waals surface area contributed by atoms with Crippen LogP contribution in [-0.2, 0) is 0 Å². The summed E-state index contributed by atoms with van der Waals surface area (Å²) in [6.45, 7) is 2.63. The normalized spacial score (nSPS) is 26.1. The van der Waals surface area contributed by atoms with Gasteiger partial charge in [-0.05, 0) is 50.7 Å². The molecule has 0 aromatic carbocycles. The van der Waals surface area contributed by atoms with Gasteiger partial charge in [0.2, 0.25) is 0 Å². The molecule has 0 bridgehead atoms. The summed E-state index contributed by atoms with van der Waals surface area (Å²) in [4.78, 5) is 29.4. The molecule has 1 aromatic rings. The number of aromatic amines is 1. The smallest absolute Gasteiger partial charge is 0.260 e. The van der Waals surface area contributed by atoms with Crippen LogP contribution in [0.3, 0.4) is 0 Å². The number of piperidine rings is 1. The van der Waals surface area contributed by atoms with Crippen molar-refractivity contribution in [3.8, 4) is 0 Å². The number of nitrogens with zero attached hydrogens (tertiary/aromatic N) is 1. The highest BCUT2D eigenvalue weighted by molar-refractivity contribution is 5.94. The van der Waals surface area contributed by atoms with Crippen LogP contribution >= 0.6 is 0 Å². The van der Waals surface area contributed by atoms with E-state index in [0.717, 1.165) is 25.1 Å². The molecule has 1 saturated carbocycles. The van der Waals surface area contributed by atoms with Gasteiger partial charge in [-0.1, -0.05) is 12.8 Å². The van der Waals surface area contributed by atoms with E-state index in [0.29, 0.717) is 17.5 Å². The maximum Gasteiger partial charge on any atom is 0.260 e. The van der Waals surface area contributed by atoms with Crippen molar-refractivity contribution >= 4 is 5.91 Å². The number of aromatic nitrogens is 1. The highest BCUT2D eigenvalue weighted by Gasteiger charge is 2.36. The van der Waals surface area contributed by atoms with Gasteiger partial charge >= 0.3 is 0 Å². The lowest BCUT2D eigenvalue weighted by Gasteiger charge is -2.44. The summed E-state index contributed by atoms with van der Waals surface area (Å²) < 4.78 is 0. The second-order valence-corrected chi connectivity index (χ2v) is 6.14. The Balaban J connectivity index is 1.87. The van der Waals surface area contributed by atoms with E-state index in [1.54, 1.807) is 12.1 Å². The standard InChI is InChI=1S/C16H22N2O2/c1-11-8-9-13(15(19)17-11)16(20)18-10-4-6-12-5-2-3-7-14(12)18/h8-9,12,14H,2-7,10H2,1H3,(H,17,19).